The molecular weight excluding hydrogens is 266 g/mol. The Balaban J connectivity index is 1.91. The van der Waals surface area contributed by atoms with Gasteiger partial charge in [-0.2, -0.15) is 0 Å². The van der Waals surface area contributed by atoms with Crippen LogP contribution in [-0.2, 0) is 11.2 Å². The first-order valence-corrected chi connectivity index (χ1v) is 7.00. The van der Waals surface area contributed by atoms with E-state index in [2.05, 4.69) is 45.5 Å². The summed E-state index contributed by atoms with van der Waals surface area (Å²) in [5.41, 5.74) is 2.81. The van der Waals surface area contributed by atoms with Gasteiger partial charge in [-0.15, -0.1) is 0 Å². The third kappa shape index (κ3) is 3.06. The van der Waals surface area contributed by atoms with Crippen molar-refractivity contribution >= 4 is 15.9 Å². The second kappa shape index (κ2) is 6.38. The van der Waals surface area contributed by atoms with Crippen molar-refractivity contribution in [2.75, 3.05) is 25.0 Å². The molecule has 0 spiro atoms. The number of halogens is 1. The first-order chi connectivity index (χ1) is 7.92. The average Bonchev–Trinajstić information content (AvgIpc) is 2.35. The number of hydrogen-bond acceptors (Lipinski definition) is 2. The van der Waals surface area contributed by atoms with Crippen molar-refractivity contribution in [3.8, 4) is 0 Å². The van der Waals surface area contributed by atoms with Gasteiger partial charge in [0.05, 0.1) is 12.7 Å². The molecule has 2 nitrogen and oxygen atoms in total. The molecule has 3 heteroatoms. The van der Waals surface area contributed by atoms with E-state index in [0.29, 0.717) is 0 Å². The molecule has 2 rings (SSSR count). The molecule has 1 unspecified atom stereocenters. The molecule has 0 bridgehead atoms. The summed E-state index contributed by atoms with van der Waals surface area (Å²) in [4.78, 5) is 0. The van der Waals surface area contributed by atoms with E-state index >= 15 is 0 Å². The molecule has 16 heavy (non-hydrogen) atoms. The maximum absolute atomic E-state index is 5.81. The van der Waals surface area contributed by atoms with E-state index < -0.39 is 0 Å². The molecule has 0 amide bonds. The second-order valence-corrected chi connectivity index (χ2v) is 4.85. The maximum atomic E-state index is 5.81. The Morgan fingerprint density at radius 1 is 1.38 bits per heavy atom. The quantitative estimate of drug-likeness (QED) is 0.663. The molecule has 1 aromatic rings. The third-order valence-electron chi connectivity index (χ3n) is 2.91. The molecule has 0 radical (unpaired) electrons. The molecule has 1 aromatic carbocycles. The second-order valence-electron chi connectivity index (χ2n) is 4.05. The molecule has 0 saturated carbocycles. The number of rotatable bonds is 5. The smallest absolute Gasteiger partial charge is 0.0952 e. The Bertz CT molecular complexity index is 329. The minimum atomic E-state index is 0.236. The molecule has 0 aromatic heterocycles. The van der Waals surface area contributed by atoms with Crippen molar-refractivity contribution in [1.82, 2.24) is 5.32 Å². The average molecular weight is 284 g/mol. The van der Waals surface area contributed by atoms with E-state index in [0.717, 1.165) is 37.9 Å². The van der Waals surface area contributed by atoms with Crippen LogP contribution < -0.4 is 5.32 Å². The fourth-order valence-corrected chi connectivity index (χ4v) is 2.35. The zero-order chi connectivity index (χ0) is 11.2. The monoisotopic (exact) mass is 283 g/mol. The number of benzene rings is 1. The highest BCUT2D eigenvalue weighted by atomic mass is 79.9. The fourth-order valence-electron chi connectivity index (χ4n) is 2.07. The van der Waals surface area contributed by atoms with E-state index in [1.54, 1.807) is 0 Å². The van der Waals surface area contributed by atoms with Gasteiger partial charge in [-0.25, -0.2) is 0 Å². The highest BCUT2D eigenvalue weighted by Gasteiger charge is 2.19. The molecule has 88 valence electrons. The summed E-state index contributed by atoms with van der Waals surface area (Å²) in [7, 11) is 0. The molecule has 0 aliphatic carbocycles. The normalized spacial score (nSPS) is 19.4. The Morgan fingerprint density at radius 3 is 3.12 bits per heavy atom. The van der Waals surface area contributed by atoms with E-state index in [-0.39, 0.29) is 6.10 Å². The molecule has 0 fully saturated rings. The highest BCUT2D eigenvalue weighted by molar-refractivity contribution is 9.09. The fraction of sp³-hybridized carbons (Fsp3) is 0.538. The van der Waals surface area contributed by atoms with Gasteiger partial charge < -0.3 is 10.1 Å². The molecule has 1 heterocycles. The lowest BCUT2D eigenvalue weighted by molar-refractivity contribution is 0.0427. The summed E-state index contributed by atoms with van der Waals surface area (Å²) in [6.07, 6.45) is 2.45. The van der Waals surface area contributed by atoms with Gasteiger partial charge in [0.2, 0.25) is 0 Å². The van der Waals surface area contributed by atoms with Gasteiger partial charge in [0, 0.05) is 11.9 Å². The van der Waals surface area contributed by atoms with Crippen LogP contribution in [0.2, 0.25) is 0 Å². The van der Waals surface area contributed by atoms with E-state index in [9.17, 15) is 0 Å². The number of nitrogens with one attached hydrogen (secondary N) is 1. The molecule has 1 atom stereocenters. The van der Waals surface area contributed by atoms with Crippen molar-refractivity contribution in [1.29, 1.82) is 0 Å². The van der Waals surface area contributed by atoms with Crippen LogP contribution in [0.5, 0.6) is 0 Å². The standard InChI is InChI=1S/C13H18BrNO/c14-7-3-8-15-10-13-12-5-2-1-4-11(12)6-9-16-13/h1-2,4-5,13,15H,3,6-10H2. The van der Waals surface area contributed by atoms with Crippen LogP contribution in [0.15, 0.2) is 24.3 Å². The highest BCUT2D eigenvalue weighted by Crippen LogP contribution is 2.25. The Morgan fingerprint density at radius 2 is 2.25 bits per heavy atom. The van der Waals surface area contributed by atoms with E-state index in [1.807, 2.05) is 0 Å². The van der Waals surface area contributed by atoms with Crippen molar-refractivity contribution < 1.29 is 4.74 Å². The summed E-state index contributed by atoms with van der Waals surface area (Å²) in [5, 5.41) is 4.50. The Hall–Kier alpha value is -0.380. The zero-order valence-corrected chi connectivity index (χ0v) is 11.0. The minimum Gasteiger partial charge on any atom is -0.372 e. The van der Waals surface area contributed by atoms with Gasteiger partial charge in [0.25, 0.3) is 0 Å². The number of alkyl halides is 1. The van der Waals surface area contributed by atoms with Crippen LogP contribution in [0.3, 0.4) is 0 Å². The lowest BCUT2D eigenvalue weighted by Gasteiger charge is -2.26. The molecule has 1 aliphatic heterocycles. The summed E-state index contributed by atoms with van der Waals surface area (Å²) in [5.74, 6) is 0. The summed E-state index contributed by atoms with van der Waals surface area (Å²) < 4.78 is 5.81. The van der Waals surface area contributed by atoms with Gasteiger partial charge in [-0.1, -0.05) is 40.2 Å². The van der Waals surface area contributed by atoms with Crippen LogP contribution in [-0.4, -0.2) is 25.0 Å². The molecule has 1 aliphatic rings. The first-order valence-electron chi connectivity index (χ1n) is 5.88. The Kier molecular flexibility index (Phi) is 4.82. The summed E-state index contributed by atoms with van der Waals surface area (Å²) in [6, 6.07) is 8.60. The zero-order valence-electron chi connectivity index (χ0n) is 9.42. The SMILES string of the molecule is BrCCCNCC1OCCc2ccccc21. The summed E-state index contributed by atoms with van der Waals surface area (Å²) >= 11 is 3.43. The van der Waals surface area contributed by atoms with E-state index in [4.69, 9.17) is 4.74 Å². The van der Waals surface area contributed by atoms with E-state index in [1.165, 1.54) is 11.1 Å². The first kappa shape index (κ1) is 12.1. The van der Waals surface area contributed by atoms with Gasteiger partial charge in [-0.3, -0.25) is 0 Å². The Labute approximate surface area is 106 Å². The predicted molar refractivity (Wildman–Crippen MR) is 70.1 cm³/mol. The minimum absolute atomic E-state index is 0.236. The number of hydrogen-bond donors (Lipinski definition) is 1. The van der Waals surface area contributed by atoms with Crippen molar-refractivity contribution in [2.45, 2.75) is 18.9 Å². The predicted octanol–water partition coefficient (Wildman–Crippen LogP) is 2.68. The van der Waals surface area contributed by atoms with Crippen LogP contribution >= 0.6 is 15.9 Å². The van der Waals surface area contributed by atoms with Crippen molar-refractivity contribution in [3.63, 3.8) is 0 Å². The van der Waals surface area contributed by atoms with Gasteiger partial charge in [-0.05, 0) is 30.5 Å². The maximum Gasteiger partial charge on any atom is 0.0952 e. The molecule has 1 N–H and O–H groups in total. The number of ether oxygens (including phenoxy) is 1. The summed E-state index contributed by atoms with van der Waals surface area (Å²) in [6.45, 7) is 2.82. The lowest BCUT2D eigenvalue weighted by atomic mass is 9.97. The van der Waals surface area contributed by atoms with Crippen LogP contribution in [0.25, 0.3) is 0 Å². The molecular formula is C13H18BrNO. The van der Waals surface area contributed by atoms with Crippen molar-refractivity contribution in [2.24, 2.45) is 0 Å². The van der Waals surface area contributed by atoms with Crippen LogP contribution in [0, 0.1) is 0 Å². The van der Waals surface area contributed by atoms with Crippen LogP contribution in [0.4, 0.5) is 0 Å². The number of fused-ring (bicyclic) bond motifs is 1. The largest absolute Gasteiger partial charge is 0.372 e. The third-order valence-corrected chi connectivity index (χ3v) is 3.47. The van der Waals surface area contributed by atoms with Gasteiger partial charge in [0.15, 0.2) is 0 Å². The van der Waals surface area contributed by atoms with Crippen LogP contribution in [0.1, 0.15) is 23.7 Å². The van der Waals surface area contributed by atoms with Gasteiger partial charge >= 0.3 is 0 Å². The topological polar surface area (TPSA) is 21.3 Å². The van der Waals surface area contributed by atoms with Gasteiger partial charge in [0.1, 0.15) is 0 Å². The van der Waals surface area contributed by atoms with Crippen molar-refractivity contribution in [3.05, 3.63) is 35.4 Å². The lowest BCUT2D eigenvalue weighted by Crippen LogP contribution is -2.28. The molecule has 0 saturated heterocycles.